The maximum atomic E-state index is 11.3. The molecule has 1 amide bonds. The van der Waals surface area contributed by atoms with Crippen LogP contribution in [-0.4, -0.2) is 18.1 Å². The van der Waals surface area contributed by atoms with Crippen molar-refractivity contribution in [3.8, 4) is 5.75 Å². The predicted octanol–water partition coefficient (Wildman–Crippen LogP) is 1.31. The lowest BCUT2D eigenvalue weighted by atomic mass is 10.0. The standard InChI is InChI=1S/C10H13NO2/c1-3-7-5-4-6-8(12)9(7)10(13)11-2/h4-6,12H,3H2,1-2H3,(H,11,13). The molecule has 0 aliphatic carbocycles. The van der Waals surface area contributed by atoms with Crippen molar-refractivity contribution in [2.45, 2.75) is 13.3 Å². The van der Waals surface area contributed by atoms with Crippen molar-refractivity contribution in [2.24, 2.45) is 0 Å². The van der Waals surface area contributed by atoms with Gasteiger partial charge in [0.2, 0.25) is 0 Å². The van der Waals surface area contributed by atoms with Crippen LogP contribution in [0.2, 0.25) is 0 Å². The van der Waals surface area contributed by atoms with Crippen molar-refractivity contribution in [2.75, 3.05) is 7.05 Å². The van der Waals surface area contributed by atoms with Gasteiger partial charge >= 0.3 is 0 Å². The highest BCUT2D eigenvalue weighted by Crippen LogP contribution is 2.20. The van der Waals surface area contributed by atoms with E-state index in [4.69, 9.17) is 0 Å². The third kappa shape index (κ3) is 1.80. The minimum atomic E-state index is -0.241. The minimum absolute atomic E-state index is 0.0405. The lowest BCUT2D eigenvalue weighted by molar-refractivity contribution is 0.0959. The molecule has 1 aromatic carbocycles. The minimum Gasteiger partial charge on any atom is -0.507 e. The number of nitrogens with one attached hydrogen (secondary N) is 1. The second-order valence-corrected chi connectivity index (χ2v) is 2.74. The average Bonchev–Trinajstić information content (AvgIpc) is 2.16. The molecule has 0 saturated carbocycles. The van der Waals surface area contributed by atoms with Gasteiger partial charge in [-0.3, -0.25) is 4.79 Å². The Hall–Kier alpha value is -1.51. The maximum absolute atomic E-state index is 11.3. The Bertz CT molecular complexity index is 321. The monoisotopic (exact) mass is 179 g/mol. The van der Waals surface area contributed by atoms with E-state index in [0.29, 0.717) is 5.56 Å². The van der Waals surface area contributed by atoms with Crippen LogP contribution in [0.25, 0.3) is 0 Å². The molecule has 0 atom stereocenters. The Kier molecular flexibility index (Phi) is 2.90. The fourth-order valence-corrected chi connectivity index (χ4v) is 1.27. The van der Waals surface area contributed by atoms with Gasteiger partial charge in [0.25, 0.3) is 5.91 Å². The Morgan fingerprint density at radius 2 is 2.23 bits per heavy atom. The van der Waals surface area contributed by atoms with E-state index in [9.17, 15) is 9.90 Å². The van der Waals surface area contributed by atoms with E-state index in [-0.39, 0.29) is 11.7 Å². The zero-order valence-electron chi connectivity index (χ0n) is 7.79. The van der Waals surface area contributed by atoms with Crippen LogP contribution in [0, 0.1) is 0 Å². The van der Waals surface area contributed by atoms with Crippen LogP contribution in [0.5, 0.6) is 5.75 Å². The summed E-state index contributed by atoms with van der Waals surface area (Å²) in [5.41, 5.74) is 1.24. The number of hydrogen-bond acceptors (Lipinski definition) is 2. The van der Waals surface area contributed by atoms with Crippen molar-refractivity contribution in [1.82, 2.24) is 5.32 Å². The Balaban J connectivity index is 3.22. The van der Waals surface area contributed by atoms with E-state index in [2.05, 4.69) is 5.32 Å². The zero-order chi connectivity index (χ0) is 9.84. The van der Waals surface area contributed by atoms with Crippen molar-refractivity contribution in [1.29, 1.82) is 0 Å². The lowest BCUT2D eigenvalue weighted by Crippen LogP contribution is -2.19. The first-order valence-electron chi connectivity index (χ1n) is 4.23. The molecule has 0 unspecified atom stereocenters. The molecule has 0 spiro atoms. The summed E-state index contributed by atoms with van der Waals surface area (Å²) in [6.07, 6.45) is 0.733. The van der Waals surface area contributed by atoms with Gasteiger partial charge < -0.3 is 10.4 Å². The summed E-state index contributed by atoms with van der Waals surface area (Å²) in [5.74, 6) is -0.200. The smallest absolute Gasteiger partial charge is 0.255 e. The highest BCUT2D eigenvalue weighted by atomic mass is 16.3. The number of amides is 1. The first-order valence-corrected chi connectivity index (χ1v) is 4.23. The molecule has 70 valence electrons. The summed E-state index contributed by atoms with van der Waals surface area (Å²) < 4.78 is 0. The van der Waals surface area contributed by atoms with Gasteiger partial charge in [-0.2, -0.15) is 0 Å². The summed E-state index contributed by atoms with van der Waals surface area (Å²) in [6, 6.07) is 5.09. The highest BCUT2D eigenvalue weighted by molar-refractivity contribution is 5.98. The number of benzene rings is 1. The maximum Gasteiger partial charge on any atom is 0.255 e. The largest absolute Gasteiger partial charge is 0.507 e. The van der Waals surface area contributed by atoms with Crippen LogP contribution in [0.3, 0.4) is 0 Å². The summed E-state index contributed by atoms with van der Waals surface area (Å²) in [4.78, 5) is 11.3. The fraction of sp³-hybridized carbons (Fsp3) is 0.300. The molecule has 0 saturated heterocycles. The van der Waals surface area contributed by atoms with Crippen LogP contribution in [0.4, 0.5) is 0 Å². The summed E-state index contributed by atoms with van der Waals surface area (Å²) in [7, 11) is 1.55. The molecule has 0 bridgehead atoms. The molecule has 3 heteroatoms. The zero-order valence-corrected chi connectivity index (χ0v) is 7.79. The van der Waals surface area contributed by atoms with E-state index < -0.39 is 0 Å². The molecule has 1 aromatic rings. The van der Waals surface area contributed by atoms with Crippen LogP contribution < -0.4 is 5.32 Å². The van der Waals surface area contributed by atoms with Crippen LogP contribution in [0.15, 0.2) is 18.2 Å². The topological polar surface area (TPSA) is 49.3 Å². The van der Waals surface area contributed by atoms with Gasteiger partial charge in [-0.15, -0.1) is 0 Å². The van der Waals surface area contributed by atoms with Gasteiger partial charge in [0.15, 0.2) is 0 Å². The van der Waals surface area contributed by atoms with Gasteiger partial charge in [-0.25, -0.2) is 0 Å². The predicted molar refractivity (Wildman–Crippen MR) is 50.9 cm³/mol. The molecule has 2 N–H and O–H groups in total. The molecule has 13 heavy (non-hydrogen) atoms. The Morgan fingerprint density at radius 1 is 1.54 bits per heavy atom. The molecule has 0 aliphatic heterocycles. The number of aryl methyl sites for hydroxylation is 1. The Morgan fingerprint density at radius 3 is 2.77 bits per heavy atom. The van der Waals surface area contributed by atoms with E-state index in [0.717, 1.165) is 12.0 Å². The molecule has 0 aliphatic rings. The second-order valence-electron chi connectivity index (χ2n) is 2.74. The molecule has 3 nitrogen and oxygen atoms in total. The summed E-state index contributed by atoms with van der Waals surface area (Å²) in [5, 5.41) is 12.0. The summed E-state index contributed by atoms with van der Waals surface area (Å²) >= 11 is 0. The molecule has 0 heterocycles. The number of phenols is 1. The SMILES string of the molecule is CCc1cccc(O)c1C(=O)NC. The summed E-state index contributed by atoms with van der Waals surface area (Å²) in [6.45, 7) is 1.95. The lowest BCUT2D eigenvalue weighted by Gasteiger charge is -2.07. The number of hydrogen-bond donors (Lipinski definition) is 2. The van der Waals surface area contributed by atoms with Gasteiger partial charge in [0.05, 0.1) is 5.56 Å². The fourth-order valence-electron chi connectivity index (χ4n) is 1.27. The number of phenolic OH excluding ortho intramolecular Hbond substituents is 1. The number of rotatable bonds is 2. The highest BCUT2D eigenvalue weighted by Gasteiger charge is 2.12. The van der Waals surface area contributed by atoms with Crippen molar-refractivity contribution >= 4 is 5.91 Å². The molecule has 0 radical (unpaired) electrons. The third-order valence-electron chi connectivity index (χ3n) is 1.96. The molecule has 1 rings (SSSR count). The number of carbonyl (C=O) groups is 1. The molecule has 0 aromatic heterocycles. The van der Waals surface area contributed by atoms with Crippen molar-refractivity contribution < 1.29 is 9.90 Å². The van der Waals surface area contributed by atoms with E-state index in [1.54, 1.807) is 13.1 Å². The second kappa shape index (κ2) is 3.94. The van der Waals surface area contributed by atoms with Crippen LogP contribution in [0.1, 0.15) is 22.8 Å². The van der Waals surface area contributed by atoms with Gasteiger partial charge in [-0.05, 0) is 18.1 Å². The molecular formula is C10H13NO2. The van der Waals surface area contributed by atoms with Crippen molar-refractivity contribution in [3.63, 3.8) is 0 Å². The van der Waals surface area contributed by atoms with Crippen molar-refractivity contribution in [3.05, 3.63) is 29.3 Å². The number of aromatic hydroxyl groups is 1. The molecular weight excluding hydrogens is 166 g/mol. The van der Waals surface area contributed by atoms with Gasteiger partial charge in [0, 0.05) is 7.05 Å². The van der Waals surface area contributed by atoms with Crippen LogP contribution in [-0.2, 0) is 6.42 Å². The van der Waals surface area contributed by atoms with E-state index in [1.807, 2.05) is 13.0 Å². The van der Waals surface area contributed by atoms with Gasteiger partial charge in [-0.1, -0.05) is 19.1 Å². The Labute approximate surface area is 77.4 Å². The third-order valence-corrected chi connectivity index (χ3v) is 1.96. The van der Waals surface area contributed by atoms with E-state index in [1.165, 1.54) is 6.07 Å². The van der Waals surface area contributed by atoms with E-state index >= 15 is 0 Å². The first-order chi connectivity index (χ1) is 6.20. The van der Waals surface area contributed by atoms with Crippen LogP contribution >= 0.6 is 0 Å². The number of carbonyl (C=O) groups excluding carboxylic acids is 1. The van der Waals surface area contributed by atoms with Gasteiger partial charge in [0.1, 0.15) is 5.75 Å². The molecule has 0 fully saturated rings. The quantitative estimate of drug-likeness (QED) is 0.719. The first kappa shape index (κ1) is 9.58. The average molecular weight is 179 g/mol. The normalized spacial score (nSPS) is 9.69.